The third kappa shape index (κ3) is 3.52. The van der Waals surface area contributed by atoms with Crippen LogP contribution in [-0.4, -0.2) is 23.7 Å². The van der Waals surface area contributed by atoms with Crippen molar-refractivity contribution in [2.24, 2.45) is 5.92 Å². The second-order valence-corrected chi connectivity index (χ2v) is 7.81. The number of carboxylic acids is 1. The molecule has 2 aliphatic rings. The van der Waals surface area contributed by atoms with E-state index in [0.717, 1.165) is 60.7 Å². The highest BCUT2D eigenvalue weighted by molar-refractivity contribution is 6.36. The summed E-state index contributed by atoms with van der Waals surface area (Å²) in [4.78, 5) is 11.0. The Morgan fingerprint density at radius 3 is 2.26 bits per heavy atom. The van der Waals surface area contributed by atoms with Crippen molar-refractivity contribution < 1.29 is 9.90 Å². The average molecular weight is 356 g/mol. The number of carbonyl (C=O) groups is 1. The lowest BCUT2D eigenvalue weighted by atomic mass is 9.64. The summed E-state index contributed by atoms with van der Waals surface area (Å²) < 4.78 is 0. The molecule has 0 spiro atoms. The minimum Gasteiger partial charge on any atom is -0.481 e. The van der Waals surface area contributed by atoms with Gasteiger partial charge < -0.3 is 10.4 Å². The van der Waals surface area contributed by atoms with Gasteiger partial charge in [0.25, 0.3) is 0 Å². The van der Waals surface area contributed by atoms with Crippen LogP contribution >= 0.6 is 23.2 Å². The minimum atomic E-state index is -0.651. The summed E-state index contributed by atoms with van der Waals surface area (Å²) in [5, 5.41) is 14.3. The molecular weight excluding hydrogens is 333 g/mol. The number of nitrogens with one attached hydrogen (secondary N) is 1. The van der Waals surface area contributed by atoms with Crippen LogP contribution in [0, 0.1) is 5.92 Å². The zero-order chi connectivity index (χ0) is 16.4. The van der Waals surface area contributed by atoms with Crippen LogP contribution in [0.1, 0.15) is 50.5 Å². The highest BCUT2D eigenvalue weighted by Crippen LogP contribution is 2.48. The van der Waals surface area contributed by atoms with Gasteiger partial charge in [0.05, 0.1) is 5.92 Å². The minimum absolute atomic E-state index is 0.0407. The van der Waals surface area contributed by atoms with Crippen molar-refractivity contribution in [3.63, 3.8) is 0 Å². The van der Waals surface area contributed by atoms with E-state index in [9.17, 15) is 4.79 Å². The fourth-order valence-corrected chi connectivity index (χ4v) is 4.81. The first-order valence-corrected chi connectivity index (χ1v) is 9.18. The summed E-state index contributed by atoms with van der Waals surface area (Å²) in [5.41, 5.74) is 1.13. The molecule has 126 valence electrons. The third-order valence-electron chi connectivity index (χ3n) is 5.61. The van der Waals surface area contributed by atoms with E-state index in [-0.39, 0.29) is 11.3 Å². The molecule has 2 N–H and O–H groups in total. The van der Waals surface area contributed by atoms with Gasteiger partial charge in [-0.3, -0.25) is 4.79 Å². The summed E-state index contributed by atoms with van der Waals surface area (Å²) in [6, 6.07) is 6.13. The van der Waals surface area contributed by atoms with Gasteiger partial charge in [0.15, 0.2) is 0 Å². The quantitative estimate of drug-likeness (QED) is 0.808. The van der Waals surface area contributed by atoms with E-state index in [0.29, 0.717) is 6.04 Å². The summed E-state index contributed by atoms with van der Waals surface area (Å²) >= 11 is 12.8. The SMILES string of the molecule is O=C(O)C1CCC(NCC2(c3c(Cl)cccc3Cl)CCC2)CC1. The second kappa shape index (κ2) is 7.00. The van der Waals surface area contributed by atoms with Crippen LogP contribution in [0.5, 0.6) is 0 Å². The van der Waals surface area contributed by atoms with Gasteiger partial charge in [0, 0.05) is 28.0 Å². The summed E-state index contributed by atoms with van der Waals surface area (Å²) in [7, 11) is 0. The molecule has 3 nitrogen and oxygen atoms in total. The molecular formula is C18H23Cl2NO2. The van der Waals surface area contributed by atoms with Crippen molar-refractivity contribution in [3.05, 3.63) is 33.8 Å². The topological polar surface area (TPSA) is 49.3 Å². The zero-order valence-corrected chi connectivity index (χ0v) is 14.7. The van der Waals surface area contributed by atoms with Crippen molar-refractivity contribution in [2.45, 2.75) is 56.4 Å². The molecule has 5 heteroatoms. The highest BCUT2D eigenvalue weighted by atomic mass is 35.5. The summed E-state index contributed by atoms with van der Waals surface area (Å²) in [5.74, 6) is -0.814. The molecule has 0 radical (unpaired) electrons. The first kappa shape index (κ1) is 17.1. The van der Waals surface area contributed by atoms with Crippen LogP contribution in [0.4, 0.5) is 0 Å². The monoisotopic (exact) mass is 355 g/mol. The van der Waals surface area contributed by atoms with E-state index in [1.54, 1.807) is 0 Å². The molecule has 1 aromatic carbocycles. The van der Waals surface area contributed by atoms with Gasteiger partial charge in [-0.2, -0.15) is 0 Å². The van der Waals surface area contributed by atoms with Crippen molar-refractivity contribution in [3.8, 4) is 0 Å². The van der Waals surface area contributed by atoms with E-state index < -0.39 is 5.97 Å². The number of benzene rings is 1. The Morgan fingerprint density at radius 2 is 1.78 bits per heavy atom. The Bertz CT molecular complexity index is 558. The largest absolute Gasteiger partial charge is 0.481 e. The number of hydrogen-bond acceptors (Lipinski definition) is 2. The molecule has 2 saturated carbocycles. The fourth-order valence-electron chi connectivity index (χ4n) is 4.01. The van der Waals surface area contributed by atoms with E-state index in [4.69, 9.17) is 28.3 Å². The maximum Gasteiger partial charge on any atom is 0.306 e. The Balaban J connectivity index is 1.64. The van der Waals surface area contributed by atoms with Gasteiger partial charge in [-0.25, -0.2) is 0 Å². The molecule has 0 atom stereocenters. The van der Waals surface area contributed by atoms with E-state index >= 15 is 0 Å². The molecule has 0 heterocycles. The Morgan fingerprint density at radius 1 is 1.17 bits per heavy atom. The normalized spacial score (nSPS) is 26.5. The fraction of sp³-hybridized carbons (Fsp3) is 0.611. The predicted octanol–water partition coefficient (Wildman–Crippen LogP) is 4.65. The summed E-state index contributed by atoms with van der Waals surface area (Å²) in [6.07, 6.45) is 6.82. The van der Waals surface area contributed by atoms with E-state index in [2.05, 4.69) is 5.32 Å². The number of hydrogen-bond donors (Lipinski definition) is 2. The van der Waals surface area contributed by atoms with Crippen LogP contribution < -0.4 is 5.32 Å². The molecule has 23 heavy (non-hydrogen) atoms. The molecule has 0 unspecified atom stereocenters. The van der Waals surface area contributed by atoms with Crippen molar-refractivity contribution in [2.75, 3.05) is 6.54 Å². The molecule has 0 saturated heterocycles. The standard InChI is InChI=1S/C18H23Cl2NO2/c19-14-3-1-4-15(20)16(14)18(9-2-10-18)11-21-13-7-5-12(6-8-13)17(22)23/h1,3-4,12-13,21H,2,5-11H2,(H,22,23). The van der Waals surface area contributed by atoms with Crippen LogP contribution in [0.15, 0.2) is 18.2 Å². The number of rotatable bonds is 5. The number of carboxylic acid groups (broad SMARTS) is 1. The molecule has 0 aromatic heterocycles. The zero-order valence-electron chi connectivity index (χ0n) is 13.2. The third-order valence-corrected chi connectivity index (χ3v) is 6.24. The molecule has 0 amide bonds. The van der Waals surface area contributed by atoms with Gasteiger partial charge in [-0.15, -0.1) is 0 Å². The highest BCUT2D eigenvalue weighted by Gasteiger charge is 2.41. The van der Waals surface area contributed by atoms with Crippen LogP contribution in [-0.2, 0) is 10.2 Å². The first-order chi connectivity index (χ1) is 11.0. The van der Waals surface area contributed by atoms with Gasteiger partial charge >= 0.3 is 5.97 Å². The Kier molecular flexibility index (Phi) is 5.19. The maximum atomic E-state index is 11.0. The van der Waals surface area contributed by atoms with Gasteiger partial charge in [0.1, 0.15) is 0 Å². The molecule has 2 aliphatic carbocycles. The molecule has 0 aliphatic heterocycles. The second-order valence-electron chi connectivity index (χ2n) is 7.00. The first-order valence-electron chi connectivity index (χ1n) is 8.42. The molecule has 3 rings (SSSR count). The van der Waals surface area contributed by atoms with Gasteiger partial charge in [0.2, 0.25) is 0 Å². The lowest BCUT2D eigenvalue weighted by Crippen LogP contribution is -2.48. The molecule has 1 aromatic rings. The van der Waals surface area contributed by atoms with Crippen LogP contribution in [0.25, 0.3) is 0 Å². The van der Waals surface area contributed by atoms with Crippen LogP contribution in [0.3, 0.4) is 0 Å². The van der Waals surface area contributed by atoms with Crippen LogP contribution in [0.2, 0.25) is 10.0 Å². The lowest BCUT2D eigenvalue weighted by molar-refractivity contribution is -0.142. The average Bonchev–Trinajstić information content (AvgIpc) is 2.49. The van der Waals surface area contributed by atoms with Crippen molar-refractivity contribution in [1.29, 1.82) is 0 Å². The smallest absolute Gasteiger partial charge is 0.306 e. The summed E-state index contributed by atoms with van der Waals surface area (Å²) in [6.45, 7) is 0.874. The molecule has 0 bridgehead atoms. The number of halogens is 2. The van der Waals surface area contributed by atoms with Crippen molar-refractivity contribution >= 4 is 29.2 Å². The maximum absolute atomic E-state index is 11.0. The van der Waals surface area contributed by atoms with Crippen molar-refractivity contribution in [1.82, 2.24) is 5.32 Å². The molecule has 2 fully saturated rings. The Labute approximate surface area is 147 Å². The number of aliphatic carboxylic acids is 1. The lowest BCUT2D eigenvalue weighted by Gasteiger charge is -2.45. The van der Waals surface area contributed by atoms with E-state index in [1.165, 1.54) is 6.42 Å². The Hall–Kier alpha value is -0.770. The predicted molar refractivity (Wildman–Crippen MR) is 93.4 cm³/mol. The van der Waals surface area contributed by atoms with Gasteiger partial charge in [-0.05, 0) is 56.2 Å². The van der Waals surface area contributed by atoms with Gasteiger partial charge in [-0.1, -0.05) is 35.7 Å². The van der Waals surface area contributed by atoms with E-state index in [1.807, 2.05) is 18.2 Å².